The summed E-state index contributed by atoms with van der Waals surface area (Å²) in [5.74, 6) is -0.243. The van der Waals surface area contributed by atoms with Crippen LogP contribution in [0.4, 0.5) is 26.3 Å². The SMILES string of the molecule is Cc1cn(C)nc1C(F)(F)F.Cc1cn(C)nc1C(F)F.Cc1nn(C)c(F)c1C. The molecule has 0 aliphatic rings. The van der Waals surface area contributed by atoms with E-state index in [1.54, 1.807) is 41.1 Å². The van der Waals surface area contributed by atoms with Gasteiger partial charge in [0, 0.05) is 39.1 Å². The van der Waals surface area contributed by atoms with Crippen LogP contribution in [0.5, 0.6) is 0 Å². The van der Waals surface area contributed by atoms with Crippen LogP contribution in [0.2, 0.25) is 0 Å². The van der Waals surface area contributed by atoms with Crippen LogP contribution in [0.1, 0.15) is 40.2 Å². The fourth-order valence-corrected chi connectivity index (χ4v) is 2.46. The van der Waals surface area contributed by atoms with Gasteiger partial charge >= 0.3 is 6.18 Å². The Morgan fingerprint density at radius 2 is 1.33 bits per heavy atom. The van der Waals surface area contributed by atoms with Gasteiger partial charge in [-0.15, -0.1) is 0 Å². The molecule has 3 rings (SSSR count). The fraction of sp³-hybridized carbons (Fsp3) is 0.500. The van der Waals surface area contributed by atoms with Gasteiger partial charge in [-0.3, -0.25) is 9.36 Å². The van der Waals surface area contributed by atoms with Gasteiger partial charge in [0.25, 0.3) is 6.43 Å². The second-order valence-electron chi connectivity index (χ2n) is 6.63. The van der Waals surface area contributed by atoms with Gasteiger partial charge in [0.15, 0.2) is 5.69 Å². The van der Waals surface area contributed by atoms with Crippen molar-refractivity contribution in [2.24, 2.45) is 21.1 Å². The molecule has 6 nitrogen and oxygen atoms in total. The van der Waals surface area contributed by atoms with E-state index in [1.165, 1.54) is 29.5 Å². The molecule has 0 saturated carbocycles. The highest BCUT2D eigenvalue weighted by Crippen LogP contribution is 2.29. The maximum Gasteiger partial charge on any atom is 0.435 e. The third-order valence-electron chi connectivity index (χ3n) is 3.97. The van der Waals surface area contributed by atoms with E-state index < -0.39 is 18.3 Å². The van der Waals surface area contributed by atoms with Crippen LogP contribution >= 0.6 is 0 Å². The van der Waals surface area contributed by atoms with E-state index in [1.807, 2.05) is 0 Å². The molecule has 0 atom stereocenters. The summed E-state index contributed by atoms with van der Waals surface area (Å²) in [6.45, 7) is 6.51. The molecule has 3 aromatic heterocycles. The van der Waals surface area contributed by atoms with Gasteiger partial charge in [-0.2, -0.15) is 32.9 Å². The van der Waals surface area contributed by atoms with Crippen molar-refractivity contribution in [1.82, 2.24) is 29.3 Å². The maximum absolute atomic E-state index is 12.7. The zero-order chi connectivity index (χ0) is 23.4. The van der Waals surface area contributed by atoms with Crippen LogP contribution in [-0.4, -0.2) is 29.3 Å². The largest absolute Gasteiger partial charge is 0.435 e. The number of halogens is 6. The van der Waals surface area contributed by atoms with E-state index in [2.05, 4.69) is 15.3 Å². The average molecular weight is 438 g/mol. The third-order valence-corrected chi connectivity index (χ3v) is 3.97. The summed E-state index contributed by atoms with van der Waals surface area (Å²) >= 11 is 0. The predicted octanol–water partition coefficient (Wildman–Crippen LogP) is 4.59. The second-order valence-corrected chi connectivity index (χ2v) is 6.63. The first-order valence-corrected chi connectivity index (χ1v) is 8.66. The van der Waals surface area contributed by atoms with Crippen molar-refractivity contribution in [3.8, 4) is 0 Å². The molecule has 0 saturated heterocycles. The van der Waals surface area contributed by atoms with Crippen LogP contribution < -0.4 is 0 Å². The van der Waals surface area contributed by atoms with E-state index in [4.69, 9.17) is 0 Å². The number of rotatable bonds is 1. The summed E-state index contributed by atoms with van der Waals surface area (Å²) in [5, 5.41) is 10.7. The van der Waals surface area contributed by atoms with Crippen molar-refractivity contribution in [1.29, 1.82) is 0 Å². The zero-order valence-electron chi connectivity index (χ0n) is 17.7. The van der Waals surface area contributed by atoms with E-state index in [0.717, 1.165) is 10.4 Å². The first kappa shape index (κ1) is 25.2. The van der Waals surface area contributed by atoms with Gasteiger partial charge in [0.1, 0.15) is 5.69 Å². The van der Waals surface area contributed by atoms with Crippen LogP contribution in [0, 0.1) is 33.6 Å². The Morgan fingerprint density at radius 3 is 1.50 bits per heavy atom. The molecule has 0 aliphatic carbocycles. The highest BCUT2D eigenvalue weighted by atomic mass is 19.4. The molecular weight excluding hydrogens is 414 g/mol. The van der Waals surface area contributed by atoms with Crippen molar-refractivity contribution in [3.63, 3.8) is 0 Å². The van der Waals surface area contributed by atoms with Crippen LogP contribution in [0.25, 0.3) is 0 Å². The quantitative estimate of drug-likeness (QED) is 0.523. The summed E-state index contributed by atoms with van der Waals surface area (Å²) in [7, 11) is 4.68. The lowest BCUT2D eigenvalue weighted by molar-refractivity contribution is -0.141. The minimum absolute atomic E-state index is 0.123. The van der Waals surface area contributed by atoms with E-state index in [0.29, 0.717) is 11.1 Å². The van der Waals surface area contributed by atoms with Gasteiger partial charge in [-0.1, -0.05) is 0 Å². The fourth-order valence-electron chi connectivity index (χ4n) is 2.46. The number of nitrogens with zero attached hydrogens (tertiary/aromatic N) is 6. The molecule has 0 radical (unpaired) electrons. The monoisotopic (exact) mass is 438 g/mol. The lowest BCUT2D eigenvalue weighted by atomic mass is 10.3. The lowest BCUT2D eigenvalue weighted by Crippen LogP contribution is -2.08. The highest BCUT2D eigenvalue weighted by Gasteiger charge is 2.35. The number of hydrogen-bond donors (Lipinski definition) is 0. The van der Waals surface area contributed by atoms with Crippen LogP contribution in [0.15, 0.2) is 12.4 Å². The van der Waals surface area contributed by atoms with Crippen molar-refractivity contribution in [2.75, 3.05) is 0 Å². The van der Waals surface area contributed by atoms with Gasteiger partial charge in [0.05, 0.1) is 5.69 Å². The summed E-state index contributed by atoms with van der Waals surface area (Å²) in [4.78, 5) is 0. The summed E-state index contributed by atoms with van der Waals surface area (Å²) in [6, 6.07) is 0. The Kier molecular flexibility index (Phi) is 8.25. The van der Waals surface area contributed by atoms with Crippen LogP contribution in [-0.2, 0) is 27.3 Å². The Morgan fingerprint density at radius 1 is 0.833 bits per heavy atom. The molecule has 3 heterocycles. The molecule has 0 aliphatic heterocycles. The topological polar surface area (TPSA) is 53.5 Å². The number of hydrogen-bond acceptors (Lipinski definition) is 3. The number of aryl methyl sites for hydroxylation is 6. The third kappa shape index (κ3) is 6.63. The number of aromatic nitrogens is 6. The molecule has 0 bridgehead atoms. The molecule has 0 aromatic carbocycles. The lowest BCUT2D eigenvalue weighted by Gasteiger charge is -2.01. The van der Waals surface area contributed by atoms with Crippen molar-refractivity contribution in [2.45, 2.75) is 40.3 Å². The van der Waals surface area contributed by atoms with Gasteiger partial charge < -0.3 is 0 Å². The number of alkyl halides is 5. The molecule has 0 unspecified atom stereocenters. The molecule has 0 fully saturated rings. The smallest absolute Gasteiger partial charge is 0.275 e. The van der Waals surface area contributed by atoms with Crippen molar-refractivity contribution >= 4 is 0 Å². The predicted molar refractivity (Wildman–Crippen MR) is 98.5 cm³/mol. The summed E-state index contributed by atoms with van der Waals surface area (Å²) < 4.78 is 76.3. The Labute approximate surface area is 170 Å². The first-order valence-electron chi connectivity index (χ1n) is 8.66. The normalized spacial score (nSPS) is 11.1. The van der Waals surface area contributed by atoms with Crippen molar-refractivity contribution in [3.05, 3.63) is 52.1 Å². The van der Waals surface area contributed by atoms with Gasteiger partial charge in [0.2, 0.25) is 5.95 Å². The van der Waals surface area contributed by atoms with E-state index >= 15 is 0 Å². The molecule has 0 amide bonds. The Hall–Kier alpha value is -2.79. The molecule has 30 heavy (non-hydrogen) atoms. The van der Waals surface area contributed by atoms with Crippen LogP contribution in [0.3, 0.4) is 0 Å². The zero-order valence-corrected chi connectivity index (χ0v) is 17.7. The first-order chi connectivity index (χ1) is 13.6. The minimum Gasteiger partial charge on any atom is -0.275 e. The molecule has 12 heteroatoms. The summed E-state index contributed by atoms with van der Waals surface area (Å²) in [6.07, 6.45) is -3.88. The molecule has 3 aromatic rings. The Bertz CT molecular complexity index is 944. The Balaban J connectivity index is 0.000000226. The van der Waals surface area contributed by atoms with E-state index in [9.17, 15) is 26.3 Å². The highest BCUT2D eigenvalue weighted by molar-refractivity contribution is 5.17. The van der Waals surface area contributed by atoms with Crippen molar-refractivity contribution < 1.29 is 26.3 Å². The molecule has 0 N–H and O–H groups in total. The molecule has 0 spiro atoms. The maximum atomic E-state index is 12.7. The van der Waals surface area contributed by atoms with E-state index in [-0.39, 0.29) is 17.2 Å². The second kappa shape index (κ2) is 9.81. The standard InChI is InChI=1S/C6H7F3N2.C6H8F2N2.C6H9FN2/c1-4-3-11(2)10-5(4)6(7,8)9;1-4-3-10(2)9-5(4)6(7)8;1-4-5(2)8-9(3)6(4)7/h3H,1-2H3;3,6H,1-2H3;1-3H3. The average Bonchev–Trinajstić information content (AvgIpc) is 3.20. The summed E-state index contributed by atoms with van der Waals surface area (Å²) in [5.41, 5.74) is 1.16. The van der Waals surface area contributed by atoms with Gasteiger partial charge in [-0.25, -0.2) is 13.5 Å². The minimum atomic E-state index is -4.33. The molecular formula is C18H24F6N6. The molecule has 168 valence electrons. The van der Waals surface area contributed by atoms with Gasteiger partial charge in [-0.05, 0) is 38.8 Å².